The molecule has 4 heteroatoms. The summed E-state index contributed by atoms with van der Waals surface area (Å²) in [6.07, 6.45) is 3.37. The van der Waals surface area contributed by atoms with Crippen LogP contribution in [0.25, 0.3) is 0 Å². The number of rotatable bonds is 1. The maximum absolute atomic E-state index is 13.2. The third-order valence-corrected chi connectivity index (χ3v) is 4.51. The number of halogens is 1. The van der Waals surface area contributed by atoms with E-state index in [2.05, 4.69) is 0 Å². The lowest BCUT2D eigenvalue weighted by Gasteiger charge is -2.29. The molecule has 3 rings (SSSR count). The van der Waals surface area contributed by atoms with E-state index in [9.17, 15) is 9.18 Å². The number of likely N-dealkylation sites (tertiary alicyclic amines) is 1. The first kappa shape index (κ1) is 12.6. The number of hydrogen-bond donors (Lipinski definition) is 1. The Morgan fingerprint density at radius 3 is 2.89 bits per heavy atom. The highest BCUT2D eigenvalue weighted by molar-refractivity contribution is 5.94. The van der Waals surface area contributed by atoms with Crippen molar-refractivity contribution in [3.8, 4) is 0 Å². The molecule has 1 saturated heterocycles. The fourth-order valence-electron chi connectivity index (χ4n) is 3.49. The minimum absolute atomic E-state index is 0.0684. The largest absolute Gasteiger partial charge is 0.338 e. The van der Waals surface area contributed by atoms with E-state index >= 15 is 0 Å². The highest BCUT2D eigenvalue weighted by Gasteiger charge is 2.40. The molecular weight excluding hydrogens is 243 g/mol. The average molecular weight is 262 g/mol. The van der Waals surface area contributed by atoms with Crippen molar-refractivity contribution < 1.29 is 9.18 Å². The van der Waals surface area contributed by atoms with E-state index in [-0.39, 0.29) is 17.8 Å². The van der Waals surface area contributed by atoms with Crippen LogP contribution in [0.4, 0.5) is 4.39 Å². The molecule has 0 aromatic heterocycles. The van der Waals surface area contributed by atoms with E-state index in [1.165, 1.54) is 12.1 Å². The predicted molar refractivity (Wildman–Crippen MR) is 71.1 cm³/mol. The molecule has 1 heterocycles. The van der Waals surface area contributed by atoms with E-state index in [0.29, 0.717) is 17.4 Å². The van der Waals surface area contributed by atoms with Crippen LogP contribution in [0.15, 0.2) is 24.3 Å². The molecule has 1 aliphatic carbocycles. The number of carbonyl (C=O) groups excluding carboxylic acids is 1. The Balaban J connectivity index is 1.75. The second-order valence-electron chi connectivity index (χ2n) is 5.74. The molecule has 0 bridgehead atoms. The van der Waals surface area contributed by atoms with Gasteiger partial charge < -0.3 is 10.6 Å². The van der Waals surface area contributed by atoms with Gasteiger partial charge in [0.15, 0.2) is 0 Å². The zero-order valence-electron chi connectivity index (χ0n) is 10.9. The van der Waals surface area contributed by atoms with Gasteiger partial charge in [0.05, 0.1) is 0 Å². The molecule has 3 nitrogen and oxygen atoms in total. The minimum atomic E-state index is -0.362. The summed E-state index contributed by atoms with van der Waals surface area (Å²) in [7, 11) is 0. The van der Waals surface area contributed by atoms with Gasteiger partial charge in [0.1, 0.15) is 5.82 Å². The highest BCUT2D eigenvalue weighted by Crippen LogP contribution is 2.36. The van der Waals surface area contributed by atoms with Gasteiger partial charge in [0.2, 0.25) is 0 Å². The van der Waals surface area contributed by atoms with Gasteiger partial charge in [-0.3, -0.25) is 4.79 Å². The van der Waals surface area contributed by atoms with Gasteiger partial charge in [-0.2, -0.15) is 0 Å². The van der Waals surface area contributed by atoms with Crippen LogP contribution in [0.1, 0.15) is 29.6 Å². The quantitative estimate of drug-likeness (QED) is 0.841. The fourth-order valence-corrected chi connectivity index (χ4v) is 3.49. The SMILES string of the molecule is NC1CCCC2CN(C(=O)c3cccc(F)c3)CC12. The third-order valence-electron chi connectivity index (χ3n) is 4.51. The molecule has 3 unspecified atom stereocenters. The van der Waals surface area contributed by atoms with Crippen molar-refractivity contribution >= 4 is 5.91 Å². The highest BCUT2D eigenvalue weighted by atomic mass is 19.1. The molecule has 19 heavy (non-hydrogen) atoms. The summed E-state index contributed by atoms with van der Waals surface area (Å²) in [6, 6.07) is 6.13. The molecule has 1 aromatic rings. The second-order valence-corrected chi connectivity index (χ2v) is 5.74. The number of nitrogens with two attached hydrogens (primary N) is 1. The number of benzene rings is 1. The van der Waals surface area contributed by atoms with Crippen molar-refractivity contribution in [3.05, 3.63) is 35.6 Å². The number of carbonyl (C=O) groups is 1. The molecule has 2 N–H and O–H groups in total. The molecule has 0 radical (unpaired) electrons. The van der Waals surface area contributed by atoms with Crippen LogP contribution in [0.5, 0.6) is 0 Å². The Hall–Kier alpha value is -1.42. The van der Waals surface area contributed by atoms with Crippen LogP contribution in [0.2, 0.25) is 0 Å². The van der Waals surface area contributed by atoms with Gasteiger partial charge in [0.25, 0.3) is 5.91 Å². The molecule has 102 valence electrons. The normalized spacial score (nSPS) is 30.2. The van der Waals surface area contributed by atoms with Crippen LogP contribution in [-0.4, -0.2) is 29.9 Å². The third kappa shape index (κ3) is 2.37. The summed E-state index contributed by atoms with van der Waals surface area (Å²) >= 11 is 0. The predicted octanol–water partition coefficient (Wildman–Crippen LogP) is 2.03. The van der Waals surface area contributed by atoms with E-state index in [1.807, 2.05) is 4.90 Å². The number of hydrogen-bond acceptors (Lipinski definition) is 2. The summed E-state index contributed by atoms with van der Waals surface area (Å²) < 4.78 is 13.2. The van der Waals surface area contributed by atoms with Gasteiger partial charge in [0, 0.05) is 24.7 Å². The van der Waals surface area contributed by atoms with Crippen LogP contribution in [0, 0.1) is 17.7 Å². The van der Waals surface area contributed by atoms with Gasteiger partial charge in [-0.15, -0.1) is 0 Å². The molecular formula is C15H19FN2O. The molecule has 3 atom stereocenters. The first-order valence-electron chi connectivity index (χ1n) is 6.95. The number of fused-ring (bicyclic) bond motifs is 1. The zero-order chi connectivity index (χ0) is 13.4. The Labute approximate surface area is 112 Å². The number of nitrogens with zero attached hydrogens (tertiary/aromatic N) is 1. The Morgan fingerprint density at radius 1 is 1.32 bits per heavy atom. The summed E-state index contributed by atoms with van der Waals surface area (Å²) in [6.45, 7) is 1.49. The molecule has 1 saturated carbocycles. The Morgan fingerprint density at radius 2 is 2.16 bits per heavy atom. The monoisotopic (exact) mass is 262 g/mol. The Kier molecular flexibility index (Phi) is 3.27. The molecule has 1 aromatic carbocycles. The van der Waals surface area contributed by atoms with Crippen molar-refractivity contribution in [1.29, 1.82) is 0 Å². The summed E-state index contributed by atoms with van der Waals surface area (Å²) in [5.41, 5.74) is 6.58. The maximum Gasteiger partial charge on any atom is 0.253 e. The van der Waals surface area contributed by atoms with Crippen molar-refractivity contribution in [3.63, 3.8) is 0 Å². The smallest absolute Gasteiger partial charge is 0.253 e. The van der Waals surface area contributed by atoms with Gasteiger partial charge in [-0.05, 0) is 42.9 Å². The van der Waals surface area contributed by atoms with Crippen molar-refractivity contribution in [2.75, 3.05) is 13.1 Å². The molecule has 1 aliphatic heterocycles. The first-order valence-corrected chi connectivity index (χ1v) is 6.95. The van der Waals surface area contributed by atoms with Crippen molar-refractivity contribution in [2.24, 2.45) is 17.6 Å². The molecule has 0 spiro atoms. The van der Waals surface area contributed by atoms with Crippen LogP contribution >= 0.6 is 0 Å². The van der Waals surface area contributed by atoms with Gasteiger partial charge in [-0.25, -0.2) is 4.39 Å². The van der Waals surface area contributed by atoms with E-state index < -0.39 is 0 Å². The topological polar surface area (TPSA) is 46.3 Å². The van der Waals surface area contributed by atoms with Crippen LogP contribution in [-0.2, 0) is 0 Å². The molecule has 2 fully saturated rings. The second kappa shape index (κ2) is 4.93. The van der Waals surface area contributed by atoms with Crippen molar-refractivity contribution in [2.45, 2.75) is 25.3 Å². The zero-order valence-corrected chi connectivity index (χ0v) is 10.9. The number of amides is 1. The minimum Gasteiger partial charge on any atom is -0.338 e. The van der Waals surface area contributed by atoms with Gasteiger partial charge in [-0.1, -0.05) is 12.5 Å². The lowest BCUT2D eigenvalue weighted by molar-refractivity contribution is 0.0783. The standard InChI is InChI=1S/C15H19FN2O/c16-12-5-1-3-10(7-12)15(19)18-8-11-4-2-6-14(17)13(11)9-18/h1,3,5,7,11,13-14H,2,4,6,8-9,17H2. The first-order chi connectivity index (χ1) is 9.15. The Bertz CT molecular complexity index is 491. The molecule has 2 aliphatic rings. The van der Waals surface area contributed by atoms with Crippen molar-refractivity contribution in [1.82, 2.24) is 4.90 Å². The average Bonchev–Trinajstić information content (AvgIpc) is 2.83. The lowest BCUT2D eigenvalue weighted by Crippen LogP contribution is -2.38. The van der Waals surface area contributed by atoms with E-state index in [4.69, 9.17) is 5.73 Å². The molecule has 1 amide bonds. The van der Waals surface area contributed by atoms with Crippen LogP contribution < -0.4 is 5.73 Å². The van der Waals surface area contributed by atoms with E-state index in [1.54, 1.807) is 12.1 Å². The summed E-state index contributed by atoms with van der Waals surface area (Å²) in [5.74, 6) is 0.521. The summed E-state index contributed by atoms with van der Waals surface area (Å²) in [5, 5.41) is 0. The van der Waals surface area contributed by atoms with Crippen LogP contribution in [0.3, 0.4) is 0 Å². The van der Waals surface area contributed by atoms with E-state index in [0.717, 1.165) is 32.4 Å². The summed E-state index contributed by atoms with van der Waals surface area (Å²) in [4.78, 5) is 14.2. The maximum atomic E-state index is 13.2. The lowest BCUT2D eigenvalue weighted by atomic mass is 9.78. The fraction of sp³-hybridized carbons (Fsp3) is 0.533. The van der Waals surface area contributed by atoms with Gasteiger partial charge >= 0.3 is 0 Å².